The van der Waals surface area contributed by atoms with Gasteiger partial charge in [-0.2, -0.15) is 0 Å². The van der Waals surface area contributed by atoms with Gasteiger partial charge in [-0.05, 0) is 25.1 Å². The fraction of sp³-hybridized carbons (Fsp3) is 0.350. The molecule has 2 aromatic carbocycles. The Hall–Kier alpha value is -2.57. The molecule has 0 aliphatic heterocycles. The van der Waals surface area contributed by atoms with Crippen LogP contribution in [0.3, 0.4) is 0 Å². The van der Waals surface area contributed by atoms with Crippen molar-refractivity contribution in [2.45, 2.75) is 13.5 Å². The lowest BCUT2D eigenvalue weighted by Crippen LogP contribution is -2.22. The van der Waals surface area contributed by atoms with Gasteiger partial charge in [-0.3, -0.25) is 4.79 Å². The number of aryl methyl sites for hydroxylation is 1. The zero-order chi connectivity index (χ0) is 18.8. The number of methoxy groups -OCH3 is 2. The third-order valence-corrected chi connectivity index (χ3v) is 3.76. The first-order valence-corrected chi connectivity index (χ1v) is 8.49. The number of rotatable bonds is 10. The molecular formula is C20H26N2O4. The molecule has 6 heteroatoms. The van der Waals surface area contributed by atoms with Gasteiger partial charge in [-0.15, -0.1) is 0 Å². The first-order chi connectivity index (χ1) is 12.6. The lowest BCUT2D eigenvalue weighted by Gasteiger charge is -2.15. The summed E-state index contributed by atoms with van der Waals surface area (Å²) in [7, 11) is 3.24. The summed E-state index contributed by atoms with van der Waals surface area (Å²) in [5.41, 5.74) is 2.80. The Morgan fingerprint density at radius 1 is 1.08 bits per heavy atom. The second kappa shape index (κ2) is 10.4. The minimum absolute atomic E-state index is 0.0979. The molecule has 0 fully saturated rings. The van der Waals surface area contributed by atoms with Gasteiger partial charge in [-0.25, -0.2) is 0 Å². The van der Waals surface area contributed by atoms with E-state index < -0.39 is 0 Å². The zero-order valence-corrected chi connectivity index (χ0v) is 15.5. The van der Waals surface area contributed by atoms with Crippen LogP contribution in [0.1, 0.15) is 11.1 Å². The van der Waals surface area contributed by atoms with Gasteiger partial charge in [-0.1, -0.05) is 29.8 Å². The molecule has 2 aromatic rings. The molecule has 0 aliphatic carbocycles. The Labute approximate surface area is 154 Å². The van der Waals surface area contributed by atoms with E-state index in [4.69, 9.17) is 14.2 Å². The van der Waals surface area contributed by atoms with Gasteiger partial charge in [0.15, 0.2) is 18.1 Å². The molecular weight excluding hydrogens is 332 g/mol. The van der Waals surface area contributed by atoms with Crippen LogP contribution >= 0.6 is 0 Å². The molecule has 0 saturated heterocycles. The van der Waals surface area contributed by atoms with Crippen LogP contribution in [0.2, 0.25) is 0 Å². The number of ether oxygens (including phenoxy) is 3. The summed E-state index contributed by atoms with van der Waals surface area (Å²) in [6.07, 6.45) is 0. The predicted molar refractivity (Wildman–Crippen MR) is 102 cm³/mol. The number of anilines is 1. The van der Waals surface area contributed by atoms with Crippen molar-refractivity contribution in [1.82, 2.24) is 5.32 Å². The smallest absolute Gasteiger partial charge is 0.262 e. The molecule has 140 valence electrons. The van der Waals surface area contributed by atoms with E-state index in [0.29, 0.717) is 24.7 Å². The normalized spacial score (nSPS) is 10.4. The highest BCUT2D eigenvalue weighted by Gasteiger charge is 2.12. The van der Waals surface area contributed by atoms with Crippen molar-refractivity contribution in [3.63, 3.8) is 0 Å². The van der Waals surface area contributed by atoms with Crippen LogP contribution in [0.25, 0.3) is 0 Å². The fourth-order valence-electron chi connectivity index (χ4n) is 2.39. The van der Waals surface area contributed by atoms with Crippen LogP contribution in [-0.4, -0.2) is 39.9 Å². The second-order valence-corrected chi connectivity index (χ2v) is 5.82. The Bertz CT molecular complexity index is 701. The number of nitrogens with one attached hydrogen (secondary N) is 2. The molecule has 2 N–H and O–H groups in total. The van der Waals surface area contributed by atoms with E-state index in [0.717, 1.165) is 23.4 Å². The van der Waals surface area contributed by atoms with Gasteiger partial charge in [0.1, 0.15) is 0 Å². The molecule has 0 heterocycles. The zero-order valence-electron chi connectivity index (χ0n) is 15.5. The Morgan fingerprint density at radius 3 is 2.54 bits per heavy atom. The van der Waals surface area contributed by atoms with Gasteiger partial charge in [0, 0.05) is 31.5 Å². The molecule has 2 rings (SSSR count). The molecule has 0 aliphatic rings. The van der Waals surface area contributed by atoms with Crippen molar-refractivity contribution >= 4 is 11.6 Å². The summed E-state index contributed by atoms with van der Waals surface area (Å²) in [5, 5.41) is 6.09. The quantitative estimate of drug-likeness (QED) is 0.639. The summed E-state index contributed by atoms with van der Waals surface area (Å²) in [5.74, 6) is 0.941. The number of hydrogen-bond acceptors (Lipinski definition) is 5. The van der Waals surface area contributed by atoms with E-state index in [1.165, 1.54) is 0 Å². The van der Waals surface area contributed by atoms with Crippen LogP contribution in [0, 0.1) is 6.92 Å². The number of benzene rings is 2. The molecule has 0 bridgehead atoms. The van der Waals surface area contributed by atoms with Crippen molar-refractivity contribution in [2.24, 2.45) is 0 Å². The second-order valence-electron chi connectivity index (χ2n) is 5.82. The molecule has 0 unspecified atom stereocenters. The largest absolute Gasteiger partial charge is 0.493 e. The summed E-state index contributed by atoms with van der Waals surface area (Å²) in [6, 6.07) is 13.3. The molecule has 0 saturated carbocycles. The third-order valence-electron chi connectivity index (χ3n) is 3.76. The van der Waals surface area contributed by atoms with E-state index in [1.54, 1.807) is 14.2 Å². The lowest BCUT2D eigenvalue weighted by molar-refractivity contribution is -0.118. The van der Waals surface area contributed by atoms with Crippen molar-refractivity contribution in [3.05, 3.63) is 53.6 Å². The number of hydrogen-bond donors (Lipinski definition) is 2. The van der Waals surface area contributed by atoms with E-state index in [-0.39, 0.29) is 12.5 Å². The summed E-state index contributed by atoms with van der Waals surface area (Å²) in [4.78, 5) is 12.2. The third kappa shape index (κ3) is 6.06. The van der Waals surface area contributed by atoms with Gasteiger partial charge in [0.05, 0.1) is 13.7 Å². The Morgan fingerprint density at radius 2 is 1.85 bits per heavy atom. The molecule has 1 amide bonds. The molecule has 0 radical (unpaired) electrons. The monoisotopic (exact) mass is 358 g/mol. The van der Waals surface area contributed by atoms with Crippen LogP contribution < -0.4 is 20.1 Å². The number of amides is 1. The van der Waals surface area contributed by atoms with E-state index in [2.05, 4.69) is 10.6 Å². The van der Waals surface area contributed by atoms with Crippen LogP contribution in [0.5, 0.6) is 11.5 Å². The maximum Gasteiger partial charge on any atom is 0.262 e. The van der Waals surface area contributed by atoms with Crippen molar-refractivity contribution in [1.29, 1.82) is 0 Å². The van der Waals surface area contributed by atoms with E-state index in [1.807, 2.05) is 49.4 Å². The molecule has 0 spiro atoms. The maximum absolute atomic E-state index is 12.2. The van der Waals surface area contributed by atoms with E-state index in [9.17, 15) is 4.79 Å². The summed E-state index contributed by atoms with van der Waals surface area (Å²) in [6.45, 7) is 3.84. The number of carbonyl (C=O) groups is 1. The van der Waals surface area contributed by atoms with Crippen molar-refractivity contribution < 1.29 is 19.0 Å². The highest BCUT2D eigenvalue weighted by molar-refractivity contribution is 5.91. The average Bonchev–Trinajstić information content (AvgIpc) is 2.65. The summed E-state index contributed by atoms with van der Waals surface area (Å²) >= 11 is 0. The predicted octanol–water partition coefficient (Wildman–Crippen LogP) is 2.76. The molecule has 0 atom stereocenters. The van der Waals surface area contributed by atoms with Gasteiger partial charge >= 0.3 is 0 Å². The Kier molecular flexibility index (Phi) is 7.92. The number of carbonyl (C=O) groups excluding carboxylic acids is 1. The molecule has 0 aromatic heterocycles. The number of para-hydroxylation sites is 1. The minimum atomic E-state index is -0.224. The van der Waals surface area contributed by atoms with Crippen LogP contribution in [-0.2, 0) is 16.1 Å². The first kappa shape index (κ1) is 19.8. The first-order valence-electron chi connectivity index (χ1n) is 8.49. The fourth-order valence-corrected chi connectivity index (χ4v) is 2.39. The van der Waals surface area contributed by atoms with E-state index >= 15 is 0 Å². The van der Waals surface area contributed by atoms with Crippen molar-refractivity contribution in [2.75, 3.05) is 39.3 Å². The minimum Gasteiger partial charge on any atom is -0.493 e. The molecule has 26 heavy (non-hydrogen) atoms. The van der Waals surface area contributed by atoms with Crippen molar-refractivity contribution in [3.8, 4) is 11.5 Å². The topological polar surface area (TPSA) is 68.8 Å². The van der Waals surface area contributed by atoms with Crippen LogP contribution in [0.4, 0.5) is 5.69 Å². The van der Waals surface area contributed by atoms with Gasteiger partial charge in [0.25, 0.3) is 5.91 Å². The SMILES string of the molecule is COCCNCc1cccc(OC)c1OCC(=O)Nc1ccc(C)cc1. The maximum atomic E-state index is 12.2. The average molecular weight is 358 g/mol. The highest BCUT2D eigenvalue weighted by Crippen LogP contribution is 2.31. The Balaban J connectivity index is 1.97. The van der Waals surface area contributed by atoms with Crippen LogP contribution in [0.15, 0.2) is 42.5 Å². The van der Waals surface area contributed by atoms with Gasteiger partial charge < -0.3 is 24.8 Å². The molecule has 6 nitrogen and oxygen atoms in total. The summed E-state index contributed by atoms with van der Waals surface area (Å²) < 4.78 is 16.2. The standard InChI is InChI=1S/C20H26N2O4/c1-15-7-9-17(10-8-15)22-19(23)14-26-20-16(13-21-11-12-24-2)5-4-6-18(20)25-3/h4-10,21H,11-14H2,1-3H3,(H,22,23). The lowest BCUT2D eigenvalue weighted by atomic mass is 10.2. The van der Waals surface area contributed by atoms with Gasteiger partial charge in [0.2, 0.25) is 0 Å². The highest BCUT2D eigenvalue weighted by atomic mass is 16.5.